The van der Waals surface area contributed by atoms with Gasteiger partial charge in [-0.15, -0.1) is 0 Å². The van der Waals surface area contributed by atoms with Gasteiger partial charge in [0.2, 0.25) is 5.91 Å². The highest BCUT2D eigenvalue weighted by atomic mass is 32.1. The molecule has 1 amide bonds. The maximum absolute atomic E-state index is 13.7. The number of amides is 1. The minimum absolute atomic E-state index is 0.0569. The fourth-order valence-corrected chi connectivity index (χ4v) is 3.80. The van der Waals surface area contributed by atoms with Crippen molar-refractivity contribution >= 4 is 32.6 Å². The zero-order chi connectivity index (χ0) is 16.6. The van der Waals surface area contributed by atoms with Crippen LogP contribution in [0.2, 0.25) is 0 Å². The van der Waals surface area contributed by atoms with Crippen LogP contribution in [0.5, 0.6) is 0 Å². The second-order valence-electron chi connectivity index (χ2n) is 6.15. The van der Waals surface area contributed by atoms with Gasteiger partial charge in [0.25, 0.3) is 0 Å². The number of nitrogens with one attached hydrogen (secondary N) is 1. The van der Waals surface area contributed by atoms with Gasteiger partial charge in [-0.3, -0.25) is 4.79 Å². The number of likely N-dealkylation sites (tertiary alicyclic amines) is 1. The number of rotatable bonds is 3. The Kier molecular flexibility index (Phi) is 4.59. The van der Waals surface area contributed by atoms with Crippen LogP contribution in [-0.2, 0) is 4.79 Å². The average Bonchev–Trinajstić information content (AvgIpc) is 2.90. The number of carbonyl (C=O) groups excluding carboxylic acids is 1. The second kappa shape index (κ2) is 6.49. The molecule has 2 aromatic rings. The van der Waals surface area contributed by atoms with Gasteiger partial charge in [-0.1, -0.05) is 11.3 Å². The third kappa shape index (κ3) is 3.50. The van der Waals surface area contributed by atoms with Gasteiger partial charge < -0.3 is 10.2 Å². The topological polar surface area (TPSA) is 45.2 Å². The molecule has 23 heavy (non-hydrogen) atoms. The van der Waals surface area contributed by atoms with Crippen molar-refractivity contribution < 1.29 is 13.6 Å². The van der Waals surface area contributed by atoms with Gasteiger partial charge >= 0.3 is 0 Å². The summed E-state index contributed by atoms with van der Waals surface area (Å²) < 4.78 is 27.3. The van der Waals surface area contributed by atoms with E-state index < -0.39 is 11.6 Å². The Labute approximate surface area is 137 Å². The van der Waals surface area contributed by atoms with E-state index in [0.29, 0.717) is 15.9 Å². The molecule has 7 heteroatoms. The van der Waals surface area contributed by atoms with Gasteiger partial charge in [0.1, 0.15) is 11.3 Å². The van der Waals surface area contributed by atoms with E-state index in [0.717, 1.165) is 43.3 Å². The first-order valence-corrected chi connectivity index (χ1v) is 8.56. The third-order valence-corrected chi connectivity index (χ3v) is 5.19. The van der Waals surface area contributed by atoms with Crippen molar-refractivity contribution in [3.63, 3.8) is 0 Å². The molecule has 0 unspecified atom stereocenters. The summed E-state index contributed by atoms with van der Waals surface area (Å²) in [5.74, 6) is -1.49. The van der Waals surface area contributed by atoms with E-state index in [2.05, 4.69) is 29.0 Å². The summed E-state index contributed by atoms with van der Waals surface area (Å²) >= 11 is 1.09. The van der Waals surface area contributed by atoms with Crippen LogP contribution in [0, 0.1) is 17.6 Å². The number of halogens is 2. The number of anilines is 1. The number of fused-ring (bicyclic) bond motifs is 1. The maximum Gasteiger partial charge on any atom is 0.229 e. The molecule has 0 bridgehead atoms. The van der Waals surface area contributed by atoms with E-state index in [1.807, 2.05) is 0 Å². The van der Waals surface area contributed by atoms with E-state index in [1.54, 1.807) is 0 Å². The second-order valence-corrected chi connectivity index (χ2v) is 7.18. The molecule has 1 aliphatic rings. The molecule has 1 aromatic carbocycles. The van der Waals surface area contributed by atoms with Crippen LogP contribution in [0.25, 0.3) is 10.2 Å². The van der Waals surface area contributed by atoms with E-state index in [4.69, 9.17) is 0 Å². The van der Waals surface area contributed by atoms with Gasteiger partial charge in [-0.05, 0) is 45.8 Å². The number of aromatic nitrogens is 1. The molecule has 0 aliphatic carbocycles. The summed E-state index contributed by atoms with van der Waals surface area (Å²) in [5, 5.41) is 3.07. The summed E-state index contributed by atoms with van der Waals surface area (Å²) in [6.45, 7) is 6.09. The monoisotopic (exact) mass is 339 g/mol. The molecule has 0 spiro atoms. The molecule has 4 nitrogen and oxygen atoms in total. The number of benzene rings is 1. The normalized spacial score (nSPS) is 17.1. The number of nitrogens with zero attached hydrogens (tertiary/aromatic N) is 2. The summed E-state index contributed by atoms with van der Waals surface area (Å²) in [4.78, 5) is 18.8. The first kappa shape index (κ1) is 16.3. The highest BCUT2D eigenvalue weighted by Crippen LogP contribution is 2.29. The molecule has 0 radical (unpaired) electrons. The number of piperidine rings is 1. The fraction of sp³-hybridized carbons (Fsp3) is 0.500. The standard InChI is InChI=1S/C16H19F2N3OS/c1-9(2)21-5-3-10(4-6-21)15(22)20-16-19-14-12(18)7-11(17)8-13(14)23-16/h7-10H,3-6H2,1-2H3,(H,19,20,22). The van der Waals surface area contributed by atoms with Crippen LogP contribution in [0.15, 0.2) is 12.1 Å². The van der Waals surface area contributed by atoms with Crippen LogP contribution in [0.3, 0.4) is 0 Å². The number of carbonyl (C=O) groups is 1. The lowest BCUT2D eigenvalue weighted by molar-refractivity contribution is -0.121. The zero-order valence-electron chi connectivity index (χ0n) is 13.1. The van der Waals surface area contributed by atoms with Gasteiger partial charge in [0.05, 0.1) is 4.70 Å². The van der Waals surface area contributed by atoms with Gasteiger partial charge in [-0.2, -0.15) is 0 Å². The molecule has 1 saturated heterocycles. The molecule has 2 heterocycles. The Morgan fingerprint density at radius 3 is 2.70 bits per heavy atom. The van der Waals surface area contributed by atoms with Crippen LogP contribution >= 0.6 is 11.3 Å². The third-order valence-electron chi connectivity index (χ3n) is 4.27. The number of hydrogen-bond acceptors (Lipinski definition) is 4. The molecule has 124 valence electrons. The van der Waals surface area contributed by atoms with Crippen LogP contribution in [-0.4, -0.2) is 34.9 Å². The van der Waals surface area contributed by atoms with Crippen molar-refractivity contribution in [3.05, 3.63) is 23.8 Å². The Balaban J connectivity index is 1.68. The summed E-state index contributed by atoms with van der Waals surface area (Å²) in [7, 11) is 0. The first-order valence-electron chi connectivity index (χ1n) is 7.74. The molecule has 0 saturated carbocycles. The molecule has 1 aliphatic heterocycles. The molecular formula is C16H19F2N3OS. The number of thiazole rings is 1. The van der Waals surface area contributed by atoms with Crippen molar-refractivity contribution in [1.29, 1.82) is 0 Å². The summed E-state index contributed by atoms with van der Waals surface area (Å²) in [6, 6.07) is 2.52. The highest BCUT2D eigenvalue weighted by Gasteiger charge is 2.26. The average molecular weight is 339 g/mol. The first-order chi connectivity index (χ1) is 10.9. The SMILES string of the molecule is CC(C)N1CCC(C(=O)Nc2nc3c(F)cc(F)cc3s2)CC1. The molecule has 1 aromatic heterocycles. The Morgan fingerprint density at radius 2 is 2.04 bits per heavy atom. The lowest BCUT2D eigenvalue weighted by Crippen LogP contribution is -2.41. The summed E-state index contributed by atoms with van der Waals surface area (Å²) in [5.41, 5.74) is 0.0985. The Morgan fingerprint density at radius 1 is 1.35 bits per heavy atom. The lowest BCUT2D eigenvalue weighted by atomic mass is 9.95. The van der Waals surface area contributed by atoms with E-state index >= 15 is 0 Å². The predicted molar refractivity (Wildman–Crippen MR) is 87.6 cm³/mol. The molecule has 1 fully saturated rings. The van der Waals surface area contributed by atoms with Crippen LogP contribution in [0.1, 0.15) is 26.7 Å². The zero-order valence-corrected chi connectivity index (χ0v) is 13.9. The molecular weight excluding hydrogens is 320 g/mol. The van der Waals surface area contributed by atoms with E-state index in [-0.39, 0.29) is 17.3 Å². The summed E-state index contributed by atoms with van der Waals surface area (Å²) in [6.07, 6.45) is 1.61. The fourth-order valence-electron chi connectivity index (χ4n) is 2.90. The van der Waals surface area contributed by atoms with E-state index in [9.17, 15) is 13.6 Å². The van der Waals surface area contributed by atoms with Crippen molar-refractivity contribution in [2.45, 2.75) is 32.7 Å². The molecule has 1 N–H and O–H groups in total. The van der Waals surface area contributed by atoms with Crippen molar-refractivity contribution in [2.24, 2.45) is 5.92 Å². The quantitative estimate of drug-likeness (QED) is 0.929. The van der Waals surface area contributed by atoms with E-state index in [1.165, 1.54) is 6.07 Å². The smallest absolute Gasteiger partial charge is 0.229 e. The minimum atomic E-state index is -0.706. The van der Waals surface area contributed by atoms with Gasteiger partial charge in [0.15, 0.2) is 10.9 Å². The van der Waals surface area contributed by atoms with Gasteiger partial charge in [0, 0.05) is 18.0 Å². The largest absolute Gasteiger partial charge is 0.302 e. The maximum atomic E-state index is 13.7. The van der Waals surface area contributed by atoms with Crippen LogP contribution < -0.4 is 5.32 Å². The van der Waals surface area contributed by atoms with Crippen molar-refractivity contribution in [2.75, 3.05) is 18.4 Å². The highest BCUT2D eigenvalue weighted by molar-refractivity contribution is 7.22. The lowest BCUT2D eigenvalue weighted by Gasteiger charge is -2.33. The van der Waals surface area contributed by atoms with Crippen LogP contribution in [0.4, 0.5) is 13.9 Å². The van der Waals surface area contributed by atoms with Crippen molar-refractivity contribution in [1.82, 2.24) is 9.88 Å². The number of hydrogen-bond donors (Lipinski definition) is 1. The predicted octanol–water partition coefficient (Wildman–Crippen LogP) is 3.63. The molecule has 0 atom stereocenters. The van der Waals surface area contributed by atoms with Gasteiger partial charge in [-0.25, -0.2) is 13.8 Å². The Hall–Kier alpha value is -1.60. The molecule has 3 rings (SSSR count). The minimum Gasteiger partial charge on any atom is -0.302 e. The van der Waals surface area contributed by atoms with Crippen molar-refractivity contribution in [3.8, 4) is 0 Å². The Bertz CT molecular complexity index is 723.